The lowest BCUT2D eigenvalue weighted by Crippen LogP contribution is -2.43. The lowest BCUT2D eigenvalue weighted by atomic mass is 9.85. The molecule has 2 aromatic carbocycles. The van der Waals surface area contributed by atoms with E-state index in [4.69, 9.17) is 4.74 Å². The number of halogens is 1. The monoisotopic (exact) mass is 441 g/mol. The number of hydrogen-bond donors (Lipinski definition) is 2. The minimum Gasteiger partial charge on any atom is -0.462 e. The zero-order chi connectivity index (χ0) is 23.1. The molecule has 0 saturated carbocycles. The molecule has 0 aliphatic carbocycles. The van der Waals surface area contributed by atoms with Crippen molar-refractivity contribution in [1.82, 2.24) is 4.90 Å². The topological polar surface area (TPSA) is 87.7 Å². The molecule has 1 heterocycles. The summed E-state index contributed by atoms with van der Waals surface area (Å²) in [5.41, 5.74) is 1.47. The van der Waals surface area contributed by atoms with Crippen molar-refractivity contribution >= 4 is 29.3 Å². The molecule has 3 rings (SSSR count). The molecular formula is C24H28FN3O4. The summed E-state index contributed by atoms with van der Waals surface area (Å²) in [4.78, 5) is 38.8. The van der Waals surface area contributed by atoms with Crippen molar-refractivity contribution in [2.24, 2.45) is 11.8 Å². The van der Waals surface area contributed by atoms with Gasteiger partial charge in [-0.2, -0.15) is 0 Å². The van der Waals surface area contributed by atoms with Gasteiger partial charge in [-0.1, -0.05) is 13.0 Å². The molecule has 1 saturated heterocycles. The van der Waals surface area contributed by atoms with Gasteiger partial charge in [0.15, 0.2) is 0 Å². The summed E-state index contributed by atoms with van der Waals surface area (Å²) in [5.74, 6) is -1.02. The van der Waals surface area contributed by atoms with Gasteiger partial charge >= 0.3 is 12.0 Å². The third kappa shape index (κ3) is 6.06. The van der Waals surface area contributed by atoms with Crippen molar-refractivity contribution < 1.29 is 23.5 Å². The van der Waals surface area contributed by atoms with Crippen LogP contribution in [0, 0.1) is 17.7 Å². The molecular weight excluding hydrogens is 413 g/mol. The number of carbonyl (C=O) groups excluding carboxylic acids is 3. The van der Waals surface area contributed by atoms with Crippen molar-refractivity contribution in [1.29, 1.82) is 0 Å². The average molecular weight is 442 g/mol. The van der Waals surface area contributed by atoms with E-state index in [1.54, 1.807) is 36.1 Å². The first kappa shape index (κ1) is 23.2. The maximum Gasteiger partial charge on any atom is 0.338 e. The Labute approximate surface area is 186 Å². The molecule has 2 N–H and O–H groups in total. The fourth-order valence-corrected chi connectivity index (χ4v) is 3.75. The zero-order valence-corrected chi connectivity index (χ0v) is 18.3. The highest BCUT2D eigenvalue weighted by Gasteiger charge is 2.30. The predicted octanol–water partition coefficient (Wildman–Crippen LogP) is 4.52. The van der Waals surface area contributed by atoms with E-state index in [9.17, 15) is 18.8 Å². The summed E-state index contributed by atoms with van der Waals surface area (Å²) < 4.78 is 18.0. The van der Waals surface area contributed by atoms with E-state index in [-0.39, 0.29) is 36.2 Å². The molecule has 0 unspecified atom stereocenters. The van der Waals surface area contributed by atoms with Crippen LogP contribution in [0.1, 0.15) is 37.0 Å². The number of hydrogen-bond acceptors (Lipinski definition) is 4. The first-order valence-electron chi connectivity index (χ1n) is 10.8. The number of nitrogens with zero attached hydrogens (tertiary/aromatic N) is 1. The summed E-state index contributed by atoms with van der Waals surface area (Å²) in [6.45, 7) is 4.97. The van der Waals surface area contributed by atoms with Crippen LogP contribution >= 0.6 is 0 Å². The molecule has 1 aliphatic rings. The van der Waals surface area contributed by atoms with E-state index in [1.165, 1.54) is 24.3 Å². The number of likely N-dealkylation sites (tertiary alicyclic amines) is 1. The Hall–Kier alpha value is -3.42. The Bertz CT molecular complexity index is 956. The highest BCUT2D eigenvalue weighted by atomic mass is 19.1. The summed E-state index contributed by atoms with van der Waals surface area (Å²) >= 11 is 0. The molecule has 170 valence electrons. The van der Waals surface area contributed by atoms with Gasteiger partial charge in [-0.05, 0) is 68.1 Å². The predicted molar refractivity (Wildman–Crippen MR) is 120 cm³/mol. The minimum absolute atomic E-state index is 0.125. The Morgan fingerprint density at radius 3 is 2.41 bits per heavy atom. The Kier molecular flexibility index (Phi) is 7.81. The van der Waals surface area contributed by atoms with Crippen LogP contribution in [0.3, 0.4) is 0 Å². The second kappa shape index (κ2) is 10.7. The van der Waals surface area contributed by atoms with Crippen LogP contribution in [0.2, 0.25) is 0 Å². The van der Waals surface area contributed by atoms with Gasteiger partial charge in [0.1, 0.15) is 5.82 Å². The van der Waals surface area contributed by atoms with Crippen LogP contribution in [-0.2, 0) is 9.53 Å². The summed E-state index contributed by atoms with van der Waals surface area (Å²) in [7, 11) is 0. The van der Waals surface area contributed by atoms with Crippen LogP contribution in [0.15, 0.2) is 48.5 Å². The van der Waals surface area contributed by atoms with Gasteiger partial charge < -0.3 is 20.3 Å². The first-order valence-corrected chi connectivity index (χ1v) is 10.8. The largest absolute Gasteiger partial charge is 0.462 e. The van der Waals surface area contributed by atoms with Crippen molar-refractivity contribution in [3.05, 3.63) is 59.9 Å². The zero-order valence-electron chi connectivity index (χ0n) is 18.3. The van der Waals surface area contributed by atoms with Gasteiger partial charge in [0.05, 0.1) is 12.2 Å². The molecule has 2 aromatic rings. The average Bonchev–Trinajstić information content (AvgIpc) is 2.80. The number of nitrogens with one attached hydrogen (secondary N) is 2. The van der Waals surface area contributed by atoms with Gasteiger partial charge in [-0.25, -0.2) is 14.0 Å². The Balaban J connectivity index is 1.50. The van der Waals surface area contributed by atoms with Crippen molar-refractivity contribution in [3.63, 3.8) is 0 Å². The molecule has 1 fully saturated rings. The van der Waals surface area contributed by atoms with Gasteiger partial charge in [0.25, 0.3) is 0 Å². The second-order valence-corrected chi connectivity index (χ2v) is 7.84. The summed E-state index contributed by atoms with van der Waals surface area (Å²) in [6, 6.07) is 12.1. The molecule has 1 atom stereocenters. The Morgan fingerprint density at radius 2 is 1.75 bits per heavy atom. The molecule has 1 aliphatic heterocycles. The Morgan fingerprint density at radius 1 is 1.06 bits per heavy atom. The molecule has 0 bridgehead atoms. The standard InChI is InChI=1S/C24H28FN3O4/c1-3-32-23(30)18-5-4-6-21(15-18)26-22(29)16(2)17-11-13-28(14-12-17)24(31)27-20-9-7-19(25)8-10-20/h4-10,15-17H,3,11-14H2,1-2H3,(H,26,29)(H,27,31)/t16-/m1/s1. The first-order chi connectivity index (χ1) is 15.4. The van der Waals surface area contributed by atoms with E-state index in [1.807, 2.05) is 6.92 Å². The molecule has 32 heavy (non-hydrogen) atoms. The molecule has 8 heteroatoms. The number of benzene rings is 2. The lowest BCUT2D eigenvalue weighted by Gasteiger charge is -2.34. The lowest BCUT2D eigenvalue weighted by molar-refractivity contribution is -0.121. The highest BCUT2D eigenvalue weighted by molar-refractivity contribution is 5.95. The maximum atomic E-state index is 13.0. The van der Waals surface area contributed by atoms with Crippen molar-refractivity contribution in [2.75, 3.05) is 30.3 Å². The summed E-state index contributed by atoms with van der Waals surface area (Å²) in [6.07, 6.45) is 1.41. The number of urea groups is 1. The van der Waals surface area contributed by atoms with E-state index in [0.717, 1.165) is 0 Å². The third-order valence-corrected chi connectivity index (χ3v) is 5.68. The molecule has 3 amide bonds. The smallest absolute Gasteiger partial charge is 0.338 e. The normalized spacial score (nSPS) is 15.0. The third-order valence-electron chi connectivity index (χ3n) is 5.68. The van der Waals surface area contributed by atoms with Crippen LogP contribution in [0.4, 0.5) is 20.6 Å². The van der Waals surface area contributed by atoms with Gasteiger partial charge in [-0.15, -0.1) is 0 Å². The van der Waals surface area contributed by atoms with Gasteiger partial charge in [0, 0.05) is 30.4 Å². The fraction of sp³-hybridized carbons (Fsp3) is 0.375. The van der Waals surface area contributed by atoms with E-state index < -0.39 is 5.97 Å². The van der Waals surface area contributed by atoms with E-state index in [0.29, 0.717) is 42.9 Å². The molecule has 0 spiro atoms. The van der Waals surface area contributed by atoms with Gasteiger partial charge in [0.2, 0.25) is 5.91 Å². The van der Waals surface area contributed by atoms with Crippen LogP contribution in [0.25, 0.3) is 0 Å². The van der Waals surface area contributed by atoms with E-state index >= 15 is 0 Å². The van der Waals surface area contributed by atoms with Crippen LogP contribution in [0.5, 0.6) is 0 Å². The highest BCUT2D eigenvalue weighted by Crippen LogP contribution is 2.27. The fourth-order valence-electron chi connectivity index (χ4n) is 3.75. The van der Waals surface area contributed by atoms with Crippen molar-refractivity contribution in [3.8, 4) is 0 Å². The maximum absolute atomic E-state index is 13.0. The minimum atomic E-state index is -0.428. The van der Waals surface area contributed by atoms with Crippen LogP contribution < -0.4 is 10.6 Å². The number of ether oxygens (including phenoxy) is 1. The molecule has 0 aromatic heterocycles. The molecule has 0 radical (unpaired) electrons. The summed E-state index contributed by atoms with van der Waals surface area (Å²) in [5, 5.41) is 5.64. The number of piperidine rings is 1. The second-order valence-electron chi connectivity index (χ2n) is 7.84. The quantitative estimate of drug-likeness (QED) is 0.645. The van der Waals surface area contributed by atoms with Crippen molar-refractivity contribution in [2.45, 2.75) is 26.7 Å². The van der Waals surface area contributed by atoms with Gasteiger partial charge in [-0.3, -0.25) is 4.79 Å². The number of esters is 1. The number of amides is 3. The molecule has 7 nitrogen and oxygen atoms in total. The number of anilines is 2. The number of carbonyl (C=O) groups is 3. The van der Waals surface area contributed by atoms with Crippen LogP contribution in [-0.4, -0.2) is 42.5 Å². The number of rotatable bonds is 6. The SMILES string of the molecule is CCOC(=O)c1cccc(NC(=O)[C@H](C)C2CCN(C(=O)Nc3ccc(F)cc3)CC2)c1. The van der Waals surface area contributed by atoms with E-state index in [2.05, 4.69) is 10.6 Å².